The summed E-state index contributed by atoms with van der Waals surface area (Å²) in [6, 6.07) is 7.63. The number of hydrogen-bond donors (Lipinski definition) is 0. The summed E-state index contributed by atoms with van der Waals surface area (Å²) in [6.07, 6.45) is 4.76. The summed E-state index contributed by atoms with van der Waals surface area (Å²) in [4.78, 5) is 12.7. The molecule has 0 bridgehead atoms. The van der Waals surface area contributed by atoms with Crippen LogP contribution in [0.2, 0.25) is 0 Å². The second-order valence-corrected chi connectivity index (χ2v) is 6.84. The van der Waals surface area contributed by atoms with Crippen molar-refractivity contribution in [3.05, 3.63) is 29.8 Å². The van der Waals surface area contributed by atoms with Gasteiger partial charge in [0.15, 0.2) is 5.78 Å². The van der Waals surface area contributed by atoms with Gasteiger partial charge in [-0.2, -0.15) is 0 Å². The lowest BCUT2D eigenvalue weighted by atomic mass is 9.66. The van der Waals surface area contributed by atoms with Crippen LogP contribution in [0.5, 0.6) is 5.75 Å². The molecule has 0 spiro atoms. The van der Waals surface area contributed by atoms with Crippen molar-refractivity contribution >= 4 is 5.78 Å². The molecule has 0 saturated heterocycles. The highest BCUT2D eigenvalue weighted by Gasteiger charge is 2.37. The quantitative estimate of drug-likeness (QED) is 0.732. The fourth-order valence-electron chi connectivity index (χ4n) is 3.15. The second kappa shape index (κ2) is 5.99. The average Bonchev–Trinajstić information content (AvgIpc) is 2.37. The van der Waals surface area contributed by atoms with Gasteiger partial charge in [0.25, 0.3) is 0 Å². The number of Topliss-reactive ketones (excluding diaryl/α,β-unsaturated/α-hetero) is 1. The van der Waals surface area contributed by atoms with E-state index < -0.39 is 0 Å². The van der Waals surface area contributed by atoms with Crippen LogP contribution in [-0.2, 0) is 0 Å². The van der Waals surface area contributed by atoms with E-state index in [1.165, 1.54) is 12.8 Å². The molecule has 2 nitrogen and oxygen atoms in total. The van der Waals surface area contributed by atoms with Crippen molar-refractivity contribution in [1.82, 2.24) is 0 Å². The van der Waals surface area contributed by atoms with Crippen molar-refractivity contribution in [3.8, 4) is 5.75 Å². The van der Waals surface area contributed by atoms with Gasteiger partial charge < -0.3 is 4.74 Å². The largest absolute Gasteiger partial charge is 0.491 e. The molecular weight excluding hydrogens is 248 g/mol. The molecular formula is C18H26O2. The summed E-state index contributed by atoms with van der Waals surface area (Å²) < 4.78 is 5.62. The molecule has 0 aliphatic heterocycles. The predicted octanol–water partition coefficient (Wildman–Crippen LogP) is 4.87. The van der Waals surface area contributed by atoms with Crippen molar-refractivity contribution < 1.29 is 9.53 Å². The van der Waals surface area contributed by atoms with Crippen LogP contribution in [0, 0.1) is 11.3 Å². The monoisotopic (exact) mass is 274 g/mol. The van der Waals surface area contributed by atoms with Crippen molar-refractivity contribution in [1.29, 1.82) is 0 Å². The van der Waals surface area contributed by atoms with Crippen LogP contribution in [0.25, 0.3) is 0 Å². The predicted molar refractivity (Wildman–Crippen MR) is 82.3 cm³/mol. The van der Waals surface area contributed by atoms with Crippen LogP contribution in [0.15, 0.2) is 24.3 Å². The van der Waals surface area contributed by atoms with Gasteiger partial charge in [-0.1, -0.05) is 26.7 Å². The molecule has 2 rings (SSSR count). The minimum Gasteiger partial charge on any atom is -0.491 e. The Morgan fingerprint density at radius 1 is 1.20 bits per heavy atom. The first-order valence-corrected chi connectivity index (χ1v) is 7.71. The van der Waals surface area contributed by atoms with E-state index in [-0.39, 0.29) is 17.4 Å². The number of benzene rings is 1. The average molecular weight is 274 g/mol. The zero-order valence-electron chi connectivity index (χ0n) is 13.1. The minimum atomic E-state index is 0.127. The van der Waals surface area contributed by atoms with Gasteiger partial charge in [0.05, 0.1) is 6.10 Å². The third-order valence-corrected chi connectivity index (χ3v) is 4.33. The molecule has 1 saturated carbocycles. The first-order valence-electron chi connectivity index (χ1n) is 7.71. The van der Waals surface area contributed by atoms with Crippen LogP contribution in [0.1, 0.15) is 63.7 Å². The number of rotatable bonds is 4. The maximum atomic E-state index is 12.7. The molecule has 0 aromatic heterocycles. The molecule has 0 heterocycles. The van der Waals surface area contributed by atoms with Crippen molar-refractivity contribution in [2.45, 2.75) is 59.5 Å². The molecule has 0 radical (unpaired) electrons. The number of ether oxygens (including phenoxy) is 1. The molecule has 0 amide bonds. The lowest BCUT2D eigenvalue weighted by Crippen LogP contribution is -2.34. The van der Waals surface area contributed by atoms with Crippen LogP contribution in [0.3, 0.4) is 0 Å². The Kier molecular flexibility index (Phi) is 4.52. The summed E-state index contributed by atoms with van der Waals surface area (Å²) in [5.74, 6) is 1.29. The Bertz CT molecular complexity index is 457. The zero-order valence-corrected chi connectivity index (χ0v) is 13.1. The van der Waals surface area contributed by atoms with E-state index in [2.05, 4.69) is 13.8 Å². The Labute approximate surface area is 122 Å². The summed E-state index contributed by atoms with van der Waals surface area (Å²) >= 11 is 0. The normalized spacial score (nSPS) is 21.8. The van der Waals surface area contributed by atoms with E-state index in [4.69, 9.17) is 4.74 Å². The number of ketones is 1. The van der Waals surface area contributed by atoms with E-state index in [9.17, 15) is 4.79 Å². The Hall–Kier alpha value is -1.31. The summed E-state index contributed by atoms with van der Waals surface area (Å²) in [7, 11) is 0. The maximum Gasteiger partial charge on any atom is 0.166 e. The Morgan fingerprint density at radius 3 is 2.40 bits per heavy atom. The van der Waals surface area contributed by atoms with Crippen LogP contribution in [-0.4, -0.2) is 11.9 Å². The Balaban J connectivity index is 2.12. The molecule has 1 unspecified atom stereocenters. The molecule has 1 aromatic rings. The molecule has 1 atom stereocenters. The number of carbonyl (C=O) groups excluding carboxylic acids is 1. The first kappa shape index (κ1) is 15.1. The van der Waals surface area contributed by atoms with Crippen molar-refractivity contribution in [2.24, 2.45) is 11.3 Å². The first-order chi connectivity index (χ1) is 9.40. The highest BCUT2D eigenvalue weighted by Crippen LogP contribution is 2.42. The topological polar surface area (TPSA) is 26.3 Å². The fraction of sp³-hybridized carbons (Fsp3) is 0.611. The van der Waals surface area contributed by atoms with Crippen molar-refractivity contribution in [2.75, 3.05) is 0 Å². The van der Waals surface area contributed by atoms with Gasteiger partial charge in [-0.05, 0) is 56.4 Å². The Morgan fingerprint density at radius 2 is 1.85 bits per heavy atom. The highest BCUT2D eigenvalue weighted by atomic mass is 16.5. The van der Waals surface area contributed by atoms with Crippen molar-refractivity contribution in [3.63, 3.8) is 0 Å². The molecule has 0 N–H and O–H groups in total. The van der Waals surface area contributed by atoms with E-state index in [1.54, 1.807) is 0 Å². The smallest absolute Gasteiger partial charge is 0.166 e. The van der Waals surface area contributed by atoms with Gasteiger partial charge in [-0.15, -0.1) is 0 Å². The van der Waals surface area contributed by atoms with Gasteiger partial charge in [0, 0.05) is 11.5 Å². The van der Waals surface area contributed by atoms with Gasteiger partial charge >= 0.3 is 0 Å². The van der Waals surface area contributed by atoms with E-state index >= 15 is 0 Å². The lowest BCUT2D eigenvalue weighted by molar-refractivity contribution is 0.0697. The van der Waals surface area contributed by atoms with Gasteiger partial charge in [0.1, 0.15) is 5.75 Å². The number of carbonyl (C=O) groups is 1. The second-order valence-electron chi connectivity index (χ2n) is 6.84. The van der Waals surface area contributed by atoms with Crippen LogP contribution >= 0.6 is 0 Å². The van der Waals surface area contributed by atoms with E-state index in [0.29, 0.717) is 5.78 Å². The standard InChI is InChI=1S/C18H26O2/c1-13(2)20-15-10-8-14(9-11-15)17(19)16-7-5-6-12-18(16,3)4/h8-11,13,16H,5-7,12H2,1-4H3. The molecule has 1 aliphatic carbocycles. The molecule has 20 heavy (non-hydrogen) atoms. The van der Waals surface area contributed by atoms with Crippen LogP contribution in [0.4, 0.5) is 0 Å². The number of hydrogen-bond acceptors (Lipinski definition) is 2. The fourth-order valence-corrected chi connectivity index (χ4v) is 3.15. The third kappa shape index (κ3) is 3.41. The van der Waals surface area contributed by atoms with Gasteiger partial charge in [0.2, 0.25) is 0 Å². The van der Waals surface area contributed by atoms with Crippen LogP contribution < -0.4 is 4.74 Å². The molecule has 110 valence electrons. The SMILES string of the molecule is CC(C)Oc1ccc(C(=O)C2CCCCC2(C)C)cc1. The van der Waals surface area contributed by atoms with E-state index in [0.717, 1.165) is 24.2 Å². The summed E-state index contributed by atoms with van der Waals surface area (Å²) in [5, 5.41) is 0. The summed E-state index contributed by atoms with van der Waals surface area (Å²) in [6.45, 7) is 8.46. The highest BCUT2D eigenvalue weighted by molar-refractivity contribution is 5.98. The van der Waals surface area contributed by atoms with E-state index in [1.807, 2.05) is 38.1 Å². The summed E-state index contributed by atoms with van der Waals surface area (Å²) in [5.41, 5.74) is 0.948. The lowest BCUT2D eigenvalue weighted by Gasteiger charge is -2.37. The molecule has 1 aromatic carbocycles. The zero-order chi connectivity index (χ0) is 14.8. The minimum absolute atomic E-state index is 0.127. The maximum absolute atomic E-state index is 12.7. The van der Waals surface area contributed by atoms with Gasteiger partial charge in [-0.25, -0.2) is 0 Å². The molecule has 2 heteroatoms. The third-order valence-electron chi connectivity index (χ3n) is 4.33. The molecule has 1 aliphatic rings. The molecule has 1 fully saturated rings. The van der Waals surface area contributed by atoms with Gasteiger partial charge in [-0.3, -0.25) is 4.79 Å².